The van der Waals surface area contributed by atoms with Crippen molar-refractivity contribution in [1.29, 1.82) is 10.5 Å². The number of ketones is 1. The second-order valence-electron chi connectivity index (χ2n) is 33.9. The van der Waals surface area contributed by atoms with Gasteiger partial charge >= 0.3 is 36.1 Å². The first-order valence-corrected chi connectivity index (χ1v) is 44.9. The van der Waals surface area contributed by atoms with Crippen LogP contribution in [0.4, 0.5) is 9.59 Å². The molecule has 10 N–H and O–H groups in total. The van der Waals surface area contributed by atoms with E-state index in [0.29, 0.717) is 128 Å². The lowest BCUT2D eigenvalue weighted by molar-refractivity contribution is -0.158. The SMILES string of the molecule is C.C=CCOC(=O)NC[C@@H](N)Cc1c[nH]c2ccccc12.C=CCOC(=O)NC[C@@H]1Cc2c([nH]c3ccccc23)[C@@]2(CS[C@@H]3c4c(OC(C)=O)c(C)c5c(c4[C@H](COC2=O)N2[C@@H]3[C@H]3c4c(cc(C)c(OC)c4O)C[C@@H]([C@@H]2C#N)N3C)OCO5)N1.CC(=O)O.COc1c(C)cc2c(c1O)[C@@H]1[C@@H]3[C@@H]4SCC(=O)C(=O)OC[C@@H](c5c6c(c(C)c(OC(C)=O)c54)OCO6)N3[C@@H](C#N)[C@H](C2)N1C. The summed E-state index contributed by atoms with van der Waals surface area (Å²) in [5.74, 6) is -1.11. The van der Waals surface area contributed by atoms with Crippen molar-refractivity contribution < 1.29 is 111 Å². The van der Waals surface area contributed by atoms with Crippen LogP contribution >= 0.6 is 23.5 Å². The Balaban J connectivity index is 0.000000166. The van der Waals surface area contributed by atoms with E-state index >= 15 is 4.79 Å². The number of nitriles is 2. The molecule has 12 aliphatic rings. The number of rotatable bonds is 14. The summed E-state index contributed by atoms with van der Waals surface area (Å²) in [6.07, 6.45) is 5.99. The molecule has 20 rings (SSSR count). The third-order valence-electron chi connectivity index (χ3n) is 26.3. The number of aromatic hydroxyl groups is 2. The molecular formula is C95H106N12O23S2. The predicted molar refractivity (Wildman–Crippen MR) is 485 cm³/mol. The lowest BCUT2D eigenvalue weighted by atomic mass is 9.71. The number of Topliss-reactive ketones (excluding diaryl/α,β-unsaturated/α-hetero) is 1. The van der Waals surface area contributed by atoms with E-state index in [2.05, 4.69) is 76.9 Å². The summed E-state index contributed by atoms with van der Waals surface area (Å²) in [6, 6.07) is 18.9. The van der Waals surface area contributed by atoms with Crippen LogP contribution in [-0.2, 0) is 78.9 Å². The van der Waals surface area contributed by atoms with Crippen molar-refractivity contribution in [1.82, 2.24) is 45.5 Å². The number of hydrogen-bond donors (Lipinski definition) is 9. The average Bonchev–Trinajstić information content (AvgIpc) is 0.902. The number of ether oxygens (including phenoxy) is 12. The number of carbonyl (C=O) groups excluding carboxylic acids is 7. The quantitative estimate of drug-likeness (QED) is 0.0161. The second-order valence-corrected chi connectivity index (χ2v) is 36.2. The highest BCUT2D eigenvalue weighted by atomic mass is 32.2. The van der Waals surface area contributed by atoms with Crippen LogP contribution in [0.3, 0.4) is 0 Å². The van der Waals surface area contributed by atoms with Crippen molar-refractivity contribution in [3.63, 3.8) is 0 Å². The van der Waals surface area contributed by atoms with Gasteiger partial charge in [-0.2, -0.15) is 10.5 Å². The molecule has 0 unspecified atom stereocenters. The van der Waals surface area contributed by atoms with Crippen LogP contribution in [0.5, 0.6) is 57.5 Å². The number of piperazine rings is 2. The number of carboxylic acid groups (broad SMARTS) is 1. The number of amides is 2. The molecule has 4 saturated heterocycles. The summed E-state index contributed by atoms with van der Waals surface area (Å²) in [5, 5.41) is 63.4. The Labute approximate surface area is 769 Å². The Morgan fingerprint density at radius 2 is 1.14 bits per heavy atom. The van der Waals surface area contributed by atoms with Gasteiger partial charge in [-0.1, -0.05) is 81.3 Å². The molecule has 4 fully saturated rings. The van der Waals surface area contributed by atoms with Crippen LogP contribution in [0.25, 0.3) is 21.8 Å². The van der Waals surface area contributed by atoms with E-state index in [1.807, 2.05) is 95.7 Å². The minimum absolute atomic E-state index is 0. The largest absolute Gasteiger partial charge is 0.504 e. The number of phenols is 2. The van der Waals surface area contributed by atoms with Gasteiger partial charge in [0.05, 0.1) is 72.5 Å². The van der Waals surface area contributed by atoms with Gasteiger partial charge in [0, 0.05) is 148 Å². The van der Waals surface area contributed by atoms with Crippen LogP contribution in [0.1, 0.15) is 146 Å². The molecule has 2 amide bonds. The normalized spacial score (nSPS) is 24.9. The van der Waals surface area contributed by atoms with Gasteiger partial charge in [0.1, 0.15) is 50.0 Å². The van der Waals surface area contributed by atoms with Gasteiger partial charge < -0.3 is 98.5 Å². The average molecular weight is 1850 g/mol. The summed E-state index contributed by atoms with van der Waals surface area (Å²) in [4.78, 5) is 115. The van der Waals surface area contributed by atoms with Crippen LogP contribution < -0.4 is 59.6 Å². The highest BCUT2D eigenvalue weighted by Gasteiger charge is 2.65. The number of methoxy groups -OCH3 is 2. The zero-order valence-electron chi connectivity index (χ0n) is 74.0. The summed E-state index contributed by atoms with van der Waals surface area (Å²) in [7, 11) is 6.97. The van der Waals surface area contributed by atoms with E-state index in [-0.39, 0.29) is 95.1 Å². The Morgan fingerprint density at radius 3 is 1.65 bits per heavy atom. The fourth-order valence-corrected chi connectivity index (χ4v) is 24.2. The van der Waals surface area contributed by atoms with Crippen LogP contribution in [0.2, 0.25) is 0 Å². The monoisotopic (exact) mass is 1850 g/mol. The number of para-hydroxylation sites is 2. The van der Waals surface area contributed by atoms with Crippen LogP contribution in [0, 0.1) is 50.4 Å². The molecule has 8 bridgehead atoms. The fourth-order valence-electron chi connectivity index (χ4n) is 21.2. The Morgan fingerprint density at radius 1 is 0.659 bits per heavy atom. The number of nitrogens with two attached hydrogens (primary N) is 1. The van der Waals surface area contributed by atoms with Gasteiger partial charge in [0.15, 0.2) is 51.5 Å². The fraction of sp³-hybridized carbons (Fsp3) is 0.432. The van der Waals surface area contributed by atoms with Gasteiger partial charge in [-0.25, -0.2) is 19.2 Å². The van der Waals surface area contributed by atoms with Crippen molar-refractivity contribution >= 4 is 93.1 Å². The Kier molecular flexibility index (Phi) is 27.2. The minimum atomic E-state index is -1.49. The molecule has 37 heteroatoms. The number of aliphatic carboxylic acids is 1. The molecule has 12 aliphatic heterocycles. The topological polar surface area (TPSA) is 462 Å². The number of carboxylic acids is 1. The highest BCUT2D eigenvalue weighted by molar-refractivity contribution is 8.00. The number of benzene rings is 6. The summed E-state index contributed by atoms with van der Waals surface area (Å²) in [5.41, 5.74) is 17.6. The molecule has 0 radical (unpaired) electrons. The lowest BCUT2D eigenvalue weighted by Crippen LogP contribution is -2.69. The number of likely N-dealkylation sites (N-methyl/N-ethyl adjacent to an activating group) is 2. The number of phenolic OH excluding ortho intramolecular Hbond substituents is 2. The number of thioether (sulfide) groups is 2. The molecule has 0 saturated carbocycles. The van der Waals surface area contributed by atoms with Gasteiger partial charge in [-0.3, -0.25) is 44.1 Å². The van der Waals surface area contributed by atoms with Crippen molar-refractivity contribution in [2.24, 2.45) is 5.73 Å². The van der Waals surface area contributed by atoms with Crippen molar-refractivity contribution in [3.8, 4) is 69.6 Å². The van der Waals surface area contributed by atoms with Crippen molar-refractivity contribution in [3.05, 3.63) is 176 Å². The summed E-state index contributed by atoms with van der Waals surface area (Å²) in [6.45, 7) is 18.4. The van der Waals surface area contributed by atoms with Gasteiger partial charge in [0.2, 0.25) is 19.4 Å². The van der Waals surface area contributed by atoms with E-state index in [9.17, 15) is 49.5 Å². The first-order chi connectivity index (χ1) is 62.9. The molecule has 35 nitrogen and oxygen atoms in total. The molecule has 6 aromatic carbocycles. The molecule has 14 heterocycles. The number of fused-ring (bicyclic) bond motifs is 21. The number of aryl methyl sites for hydroxylation is 2. The lowest BCUT2D eigenvalue weighted by Gasteiger charge is -2.62. The Bertz CT molecular complexity index is 6080. The first kappa shape index (κ1) is 93.9. The number of hydrogen-bond acceptors (Lipinski definition) is 32. The van der Waals surface area contributed by atoms with E-state index in [1.54, 1.807) is 6.92 Å². The number of alkyl carbamates (subject to hydrolysis) is 2. The molecule has 2 aromatic heterocycles. The maximum absolute atomic E-state index is 15.3. The zero-order valence-corrected chi connectivity index (χ0v) is 75.6. The Hall–Kier alpha value is -12.7. The third kappa shape index (κ3) is 16.5. The summed E-state index contributed by atoms with van der Waals surface area (Å²) < 4.78 is 70.1. The standard InChI is InChI=1S/C46H48N6O10S.C31H31N3O9S.C15H19N3O2.C2H4O2.CH4/c1-7-12-58-45(56)48-17-25-15-27-26-10-8-9-11-28(26)49-43(27)46(50-25)19-63-42-34-33(41-40(60-20-61-41)22(3)39(34)62-23(4)53)31(18-59-44(46)55)52-30(16-47)29-14-24-13-21(2)38(57-6)37(54)32(24)35(36(42)52)51(29)5;1-12-6-15-7-16-17(8-32)34-18-9-40-31(38)19(36)10-44-30(24(34)23(33(16)4)20(15)25(37)26(12)39-5)22-21(18)29-28(41-11-42-29)13(2)27(22)43-14(3)35;1-2-7-20-15(19)18-10-12(16)8-11-9-17-14-6-4-3-5-13(11)14;1-2(3)4;/h7-11,13,25,29-31,35-36,42,49-50,54H,1,12,14-15,17-20H2,2-6H3,(H,48,56);6,16-18,23-24,30,37H,7,9-11H2,1-5H3;2-6,9,12,17H,1,7-8,10,16H2,(H,18,19);1H3,(H,3,4);1H4/t25-,29-,30-,31-,35+,36+,42+,46+;16-,17-,18-,23+,24+,30+;12-;;/m000../s1. The first-order valence-electron chi connectivity index (χ1n) is 42.8. The summed E-state index contributed by atoms with van der Waals surface area (Å²) >= 11 is 2.69. The number of nitrogens with one attached hydrogen (secondary N) is 5. The molecule has 696 valence electrons. The molecule has 132 heavy (non-hydrogen) atoms. The maximum atomic E-state index is 15.3. The highest BCUT2D eigenvalue weighted by Crippen LogP contribution is 2.67. The van der Waals surface area contributed by atoms with Gasteiger partial charge in [0.25, 0.3) is 5.97 Å². The number of esters is 4. The van der Waals surface area contributed by atoms with E-state index in [1.165, 1.54) is 63.7 Å². The van der Waals surface area contributed by atoms with Crippen molar-refractivity contribution in [2.45, 2.75) is 170 Å². The predicted octanol–water partition coefficient (Wildman–Crippen LogP) is 10.5. The van der Waals surface area contributed by atoms with Crippen LogP contribution in [-0.4, -0.2) is 234 Å². The minimum Gasteiger partial charge on any atom is -0.504 e. The molecular weight excluding hydrogens is 1740 g/mol. The van der Waals surface area contributed by atoms with E-state index in [0.717, 1.165) is 62.1 Å². The zero-order chi connectivity index (χ0) is 93.2. The number of aromatic nitrogens is 2. The number of carbonyl (C=O) groups is 8. The van der Waals surface area contributed by atoms with Crippen molar-refractivity contribution in [2.75, 3.05) is 92.9 Å². The molecule has 15 atom stereocenters. The van der Waals surface area contributed by atoms with Crippen LogP contribution in [0.15, 0.2) is 92.2 Å². The maximum Gasteiger partial charge on any atom is 0.407 e. The van der Waals surface area contributed by atoms with E-state index in [4.69, 9.17) is 72.5 Å². The number of aromatic amines is 2. The molecule has 0 aliphatic carbocycles. The van der Waals surface area contributed by atoms with Gasteiger partial charge in [-0.05, 0) is 113 Å². The second kappa shape index (κ2) is 38.2. The molecule has 8 aromatic rings. The van der Waals surface area contributed by atoms with Gasteiger partial charge in [-0.15, -0.1) is 23.5 Å². The number of H-pyrrole nitrogens is 2. The number of nitrogens with zero attached hydrogens (tertiary/aromatic N) is 6. The smallest absolute Gasteiger partial charge is 0.407 e. The number of cyclic esters (lactones) is 1. The molecule has 1 spiro atoms. The van der Waals surface area contributed by atoms with E-state index < -0.39 is 118 Å². The third-order valence-corrected chi connectivity index (χ3v) is 29.0.